The summed E-state index contributed by atoms with van der Waals surface area (Å²) < 4.78 is 2.35. The molecular weight excluding hydrogens is 338 g/mol. The lowest BCUT2D eigenvalue weighted by atomic mass is 10.1. The molecule has 128 valence electrons. The molecule has 0 aliphatic rings. The van der Waals surface area contributed by atoms with Crippen molar-refractivity contribution in [1.82, 2.24) is 4.57 Å². The Hall–Kier alpha value is -2.77. The summed E-state index contributed by atoms with van der Waals surface area (Å²) in [4.78, 5) is 0. The maximum absolute atomic E-state index is 6.14. The summed E-state index contributed by atoms with van der Waals surface area (Å²) >= 11 is 6.14. The first-order valence-corrected chi connectivity index (χ1v) is 9.39. The van der Waals surface area contributed by atoms with Crippen LogP contribution >= 0.6 is 11.6 Å². The van der Waals surface area contributed by atoms with E-state index >= 15 is 0 Å². The molecule has 0 aliphatic heterocycles. The van der Waals surface area contributed by atoms with Gasteiger partial charge in [-0.05, 0) is 41.3 Å². The number of alkyl halides is 1. The van der Waals surface area contributed by atoms with Crippen molar-refractivity contribution in [3.05, 3.63) is 103 Å². The van der Waals surface area contributed by atoms with Crippen LogP contribution in [0.3, 0.4) is 0 Å². The minimum atomic E-state index is 0.604. The van der Waals surface area contributed by atoms with E-state index in [9.17, 15) is 0 Å². The van der Waals surface area contributed by atoms with Crippen molar-refractivity contribution in [2.75, 3.05) is 5.88 Å². The highest BCUT2D eigenvalue weighted by Gasteiger charge is 2.18. The number of halogens is 1. The van der Waals surface area contributed by atoms with Crippen LogP contribution in [-0.2, 0) is 6.42 Å². The molecule has 0 saturated carbocycles. The van der Waals surface area contributed by atoms with Gasteiger partial charge in [0.1, 0.15) is 0 Å². The molecule has 0 spiro atoms. The van der Waals surface area contributed by atoms with Crippen molar-refractivity contribution in [2.45, 2.75) is 6.42 Å². The molecule has 2 heteroatoms. The highest BCUT2D eigenvalue weighted by Crippen LogP contribution is 2.36. The van der Waals surface area contributed by atoms with Gasteiger partial charge in [0.15, 0.2) is 0 Å². The normalized spacial score (nSPS) is 10.8. The fourth-order valence-electron chi connectivity index (χ4n) is 3.43. The lowest BCUT2D eigenvalue weighted by molar-refractivity contribution is 1.07. The van der Waals surface area contributed by atoms with Gasteiger partial charge in [0, 0.05) is 11.6 Å². The Morgan fingerprint density at radius 3 is 1.77 bits per heavy atom. The fraction of sp³-hybridized carbons (Fsp3) is 0.0833. The van der Waals surface area contributed by atoms with Gasteiger partial charge in [0.25, 0.3) is 0 Å². The highest BCUT2D eigenvalue weighted by molar-refractivity contribution is 6.18. The van der Waals surface area contributed by atoms with Crippen LogP contribution in [0.1, 0.15) is 5.56 Å². The van der Waals surface area contributed by atoms with E-state index in [1.54, 1.807) is 0 Å². The van der Waals surface area contributed by atoms with Crippen LogP contribution in [0.4, 0.5) is 0 Å². The molecule has 0 fully saturated rings. The molecule has 0 saturated heterocycles. The van der Waals surface area contributed by atoms with E-state index in [0.29, 0.717) is 5.88 Å². The van der Waals surface area contributed by atoms with Crippen molar-refractivity contribution < 1.29 is 0 Å². The van der Waals surface area contributed by atoms with Crippen molar-refractivity contribution >= 4 is 11.6 Å². The van der Waals surface area contributed by atoms with Gasteiger partial charge < -0.3 is 4.57 Å². The summed E-state index contributed by atoms with van der Waals surface area (Å²) in [5, 5.41) is 0. The lowest BCUT2D eigenvalue weighted by Gasteiger charge is -2.15. The predicted octanol–water partition coefficient (Wildman–Crippen LogP) is 6.59. The first-order valence-electron chi connectivity index (χ1n) is 8.85. The Kier molecular flexibility index (Phi) is 4.90. The average Bonchev–Trinajstić information content (AvgIpc) is 3.09. The second-order valence-corrected chi connectivity index (χ2v) is 6.62. The Balaban J connectivity index is 2.04. The second-order valence-electron chi connectivity index (χ2n) is 6.25. The minimum absolute atomic E-state index is 0.604. The van der Waals surface area contributed by atoms with Gasteiger partial charge in [-0.1, -0.05) is 78.9 Å². The van der Waals surface area contributed by atoms with Crippen LogP contribution < -0.4 is 0 Å². The summed E-state index contributed by atoms with van der Waals surface area (Å²) in [5.41, 5.74) is 7.25. The zero-order valence-corrected chi connectivity index (χ0v) is 15.2. The van der Waals surface area contributed by atoms with Crippen LogP contribution in [0.15, 0.2) is 97.1 Å². The topological polar surface area (TPSA) is 4.93 Å². The van der Waals surface area contributed by atoms with E-state index < -0.39 is 0 Å². The molecule has 0 bridgehead atoms. The minimum Gasteiger partial charge on any atom is -0.309 e. The van der Waals surface area contributed by atoms with E-state index in [1.165, 1.54) is 28.1 Å². The number of para-hydroxylation sites is 1. The van der Waals surface area contributed by atoms with Gasteiger partial charge in [-0.2, -0.15) is 0 Å². The first kappa shape index (κ1) is 16.7. The largest absolute Gasteiger partial charge is 0.309 e. The van der Waals surface area contributed by atoms with Gasteiger partial charge in [-0.3, -0.25) is 0 Å². The van der Waals surface area contributed by atoms with Crippen LogP contribution in [0.2, 0.25) is 0 Å². The zero-order valence-electron chi connectivity index (χ0n) is 14.5. The summed E-state index contributed by atoms with van der Waals surface area (Å²) in [5.74, 6) is 0.604. The Morgan fingerprint density at radius 2 is 1.19 bits per heavy atom. The van der Waals surface area contributed by atoms with Gasteiger partial charge in [0.05, 0.1) is 11.4 Å². The highest BCUT2D eigenvalue weighted by atomic mass is 35.5. The Bertz CT molecular complexity index is 973. The molecule has 4 rings (SSSR count). The molecule has 3 aromatic carbocycles. The SMILES string of the molecule is ClCCc1cc(-c2ccccc2)n(-c2ccccc2)c1-c1ccccc1. The number of benzene rings is 3. The molecular formula is C24H20ClN. The molecule has 0 radical (unpaired) electrons. The average molecular weight is 358 g/mol. The maximum Gasteiger partial charge on any atom is 0.0567 e. The van der Waals surface area contributed by atoms with E-state index in [2.05, 4.69) is 102 Å². The third-order valence-corrected chi connectivity index (χ3v) is 4.76. The number of hydrogen-bond donors (Lipinski definition) is 0. The van der Waals surface area contributed by atoms with E-state index in [0.717, 1.165) is 12.1 Å². The smallest absolute Gasteiger partial charge is 0.0567 e. The van der Waals surface area contributed by atoms with E-state index in [4.69, 9.17) is 11.6 Å². The lowest BCUT2D eigenvalue weighted by Crippen LogP contribution is -2.00. The van der Waals surface area contributed by atoms with Crippen LogP contribution in [0.5, 0.6) is 0 Å². The van der Waals surface area contributed by atoms with Gasteiger partial charge >= 0.3 is 0 Å². The maximum atomic E-state index is 6.14. The van der Waals surface area contributed by atoms with Gasteiger partial charge in [-0.25, -0.2) is 0 Å². The molecule has 1 nitrogen and oxygen atoms in total. The number of aryl methyl sites for hydroxylation is 1. The van der Waals surface area contributed by atoms with Gasteiger partial charge in [-0.15, -0.1) is 11.6 Å². The molecule has 0 amide bonds. The molecule has 1 heterocycles. The third kappa shape index (κ3) is 3.18. The van der Waals surface area contributed by atoms with Crippen LogP contribution in [0, 0.1) is 0 Å². The fourth-order valence-corrected chi connectivity index (χ4v) is 3.64. The number of hydrogen-bond acceptors (Lipinski definition) is 0. The quantitative estimate of drug-likeness (QED) is 0.355. The summed E-state index contributed by atoms with van der Waals surface area (Å²) in [6.07, 6.45) is 0.839. The molecule has 1 aromatic heterocycles. The van der Waals surface area contributed by atoms with Crippen LogP contribution in [-0.4, -0.2) is 10.4 Å². The van der Waals surface area contributed by atoms with Crippen molar-refractivity contribution in [1.29, 1.82) is 0 Å². The second kappa shape index (κ2) is 7.63. The van der Waals surface area contributed by atoms with Crippen molar-refractivity contribution in [2.24, 2.45) is 0 Å². The number of aromatic nitrogens is 1. The van der Waals surface area contributed by atoms with Crippen molar-refractivity contribution in [3.8, 4) is 28.2 Å². The standard InChI is InChI=1S/C24H20ClN/c25-17-16-21-18-23(19-10-4-1-5-11-19)26(22-14-8-3-9-15-22)24(21)20-12-6-2-7-13-20/h1-15,18H,16-17H2. The molecule has 0 unspecified atom stereocenters. The monoisotopic (exact) mass is 357 g/mol. The molecule has 0 N–H and O–H groups in total. The zero-order chi connectivity index (χ0) is 17.8. The summed E-state index contributed by atoms with van der Waals surface area (Å²) in [6.45, 7) is 0. The van der Waals surface area contributed by atoms with Crippen molar-refractivity contribution in [3.63, 3.8) is 0 Å². The Labute approximate surface area is 159 Å². The molecule has 26 heavy (non-hydrogen) atoms. The number of nitrogens with zero attached hydrogens (tertiary/aromatic N) is 1. The van der Waals surface area contributed by atoms with Gasteiger partial charge in [0.2, 0.25) is 0 Å². The molecule has 0 atom stereocenters. The molecule has 0 aliphatic carbocycles. The van der Waals surface area contributed by atoms with E-state index in [-0.39, 0.29) is 0 Å². The predicted molar refractivity (Wildman–Crippen MR) is 111 cm³/mol. The first-order chi connectivity index (χ1) is 12.9. The van der Waals surface area contributed by atoms with Crippen LogP contribution in [0.25, 0.3) is 28.2 Å². The number of rotatable bonds is 5. The Morgan fingerprint density at radius 1 is 0.654 bits per heavy atom. The third-order valence-electron chi connectivity index (χ3n) is 4.57. The summed E-state index contributed by atoms with van der Waals surface area (Å²) in [7, 11) is 0. The summed E-state index contributed by atoms with van der Waals surface area (Å²) in [6, 6.07) is 33.9. The molecule has 4 aromatic rings. The van der Waals surface area contributed by atoms with E-state index in [1.807, 2.05) is 0 Å².